The molecule has 2 aromatic carbocycles. The number of aliphatic carboxylic acids is 1. The maximum absolute atomic E-state index is 11.4. The zero-order valence-corrected chi connectivity index (χ0v) is 15.1. The fraction of sp³-hybridized carbons (Fsp3) is 0.381. The Morgan fingerprint density at radius 3 is 2.32 bits per heavy atom. The average Bonchev–Trinajstić information content (AvgIpc) is 2.59. The first-order valence-electron chi connectivity index (χ1n) is 8.56. The number of hydrogen-bond acceptors (Lipinski definition) is 3. The number of carbonyl (C=O) groups is 1. The van der Waals surface area contributed by atoms with E-state index in [-0.39, 0.29) is 12.3 Å². The summed E-state index contributed by atoms with van der Waals surface area (Å²) in [6, 6.07) is 15.5. The van der Waals surface area contributed by atoms with Crippen molar-refractivity contribution in [1.29, 1.82) is 0 Å². The lowest BCUT2D eigenvalue weighted by Crippen LogP contribution is -2.12. The smallest absolute Gasteiger partial charge is 0.303 e. The SMILES string of the molecule is COc1cccc(OCc2ccccc2)c1C(CC(=O)O)CC(C)C. The fourth-order valence-electron chi connectivity index (χ4n) is 3.05. The predicted molar refractivity (Wildman–Crippen MR) is 98.2 cm³/mol. The third-order valence-corrected chi connectivity index (χ3v) is 4.07. The summed E-state index contributed by atoms with van der Waals surface area (Å²) in [4.78, 5) is 11.4. The van der Waals surface area contributed by atoms with E-state index < -0.39 is 5.97 Å². The molecule has 25 heavy (non-hydrogen) atoms. The van der Waals surface area contributed by atoms with Crippen molar-refractivity contribution in [2.45, 2.75) is 39.2 Å². The number of carboxylic acids is 1. The van der Waals surface area contributed by atoms with Crippen molar-refractivity contribution >= 4 is 5.97 Å². The highest BCUT2D eigenvalue weighted by atomic mass is 16.5. The molecule has 0 saturated heterocycles. The first kappa shape index (κ1) is 18.8. The number of carboxylic acid groups (broad SMARTS) is 1. The molecule has 4 heteroatoms. The van der Waals surface area contributed by atoms with Gasteiger partial charge in [-0.05, 0) is 30.0 Å². The first-order chi connectivity index (χ1) is 12.0. The molecule has 1 N–H and O–H groups in total. The summed E-state index contributed by atoms with van der Waals surface area (Å²) in [5.41, 5.74) is 1.91. The van der Waals surface area contributed by atoms with Crippen LogP contribution in [0.1, 0.15) is 43.7 Å². The Morgan fingerprint density at radius 1 is 1.04 bits per heavy atom. The van der Waals surface area contributed by atoms with E-state index in [1.54, 1.807) is 7.11 Å². The molecule has 0 amide bonds. The molecule has 2 rings (SSSR count). The van der Waals surface area contributed by atoms with Gasteiger partial charge in [-0.1, -0.05) is 50.2 Å². The van der Waals surface area contributed by atoms with Crippen molar-refractivity contribution in [3.63, 3.8) is 0 Å². The van der Waals surface area contributed by atoms with Crippen molar-refractivity contribution in [1.82, 2.24) is 0 Å². The summed E-state index contributed by atoms with van der Waals surface area (Å²) in [6.45, 7) is 4.62. The summed E-state index contributed by atoms with van der Waals surface area (Å²) in [7, 11) is 1.60. The van der Waals surface area contributed by atoms with Gasteiger partial charge in [-0.25, -0.2) is 0 Å². The van der Waals surface area contributed by atoms with Crippen LogP contribution in [0.15, 0.2) is 48.5 Å². The molecule has 4 nitrogen and oxygen atoms in total. The highest BCUT2D eigenvalue weighted by Crippen LogP contribution is 2.40. The Bertz CT molecular complexity index is 680. The van der Waals surface area contributed by atoms with Gasteiger partial charge in [0, 0.05) is 11.5 Å². The molecular formula is C21H26O4. The van der Waals surface area contributed by atoms with Gasteiger partial charge in [-0.15, -0.1) is 0 Å². The Hall–Kier alpha value is -2.49. The lowest BCUT2D eigenvalue weighted by atomic mass is 9.86. The summed E-state index contributed by atoms with van der Waals surface area (Å²) < 4.78 is 11.5. The highest BCUT2D eigenvalue weighted by molar-refractivity contribution is 5.69. The van der Waals surface area contributed by atoms with Crippen molar-refractivity contribution in [3.05, 3.63) is 59.7 Å². The van der Waals surface area contributed by atoms with Crippen LogP contribution in [-0.2, 0) is 11.4 Å². The summed E-state index contributed by atoms with van der Waals surface area (Å²) in [5, 5.41) is 9.34. The lowest BCUT2D eigenvalue weighted by Gasteiger charge is -2.23. The number of benzene rings is 2. The molecule has 0 saturated carbocycles. The Balaban J connectivity index is 2.33. The van der Waals surface area contributed by atoms with Crippen molar-refractivity contribution < 1.29 is 19.4 Å². The Morgan fingerprint density at radius 2 is 1.72 bits per heavy atom. The van der Waals surface area contributed by atoms with Crippen molar-refractivity contribution in [3.8, 4) is 11.5 Å². The molecule has 0 heterocycles. The molecule has 0 spiro atoms. The van der Waals surface area contributed by atoms with Gasteiger partial charge in [-0.2, -0.15) is 0 Å². The van der Waals surface area contributed by atoms with Gasteiger partial charge in [0.15, 0.2) is 0 Å². The van der Waals surface area contributed by atoms with Crippen LogP contribution in [0.5, 0.6) is 11.5 Å². The molecule has 1 atom stereocenters. The van der Waals surface area contributed by atoms with Crippen LogP contribution in [0.3, 0.4) is 0 Å². The molecule has 2 aromatic rings. The van der Waals surface area contributed by atoms with E-state index in [1.807, 2.05) is 48.5 Å². The van der Waals surface area contributed by atoms with E-state index in [1.165, 1.54) is 0 Å². The summed E-state index contributed by atoms with van der Waals surface area (Å²) in [5.74, 6) is 0.772. The van der Waals surface area contributed by atoms with Gasteiger partial charge in [0.05, 0.1) is 13.5 Å². The zero-order chi connectivity index (χ0) is 18.2. The molecular weight excluding hydrogens is 316 g/mol. The predicted octanol–water partition coefficient (Wildman–Crippen LogP) is 4.88. The molecule has 0 aliphatic heterocycles. The standard InChI is InChI=1S/C21H26O4/c1-15(2)12-17(13-20(22)23)21-18(24-3)10-7-11-19(21)25-14-16-8-5-4-6-9-16/h4-11,15,17H,12-14H2,1-3H3,(H,22,23). The van der Waals surface area contributed by atoms with E-state index >= 15 is 0 Å². The molecule has 0 radical (unpaired) electrons. The third kappa shape index (κ3) is 5.52. The maximum atomic E-state index is 11.4. The van der Waals surface area contributed by atoms with Crippen molar-refractivity contribution in [2.24, 2.45) is 5.92 Å². The van der Waals surface area contributed by atoms with Gasteiger partial charge in [0.1, 0.15) is 18.1 Å². The second-order valence-electron chi connectivity index (χ2n) is 6.57. The third-order valence-electron chi connectivity index (χ3n) is 4.07. The van der Waals surface area contributed by atoms with Crippen LogP contribution in [-0.4, -0.2) is 18.2 Å². The minimum atomic E-state index is -0.814. The Labute approximate surface area is 149 Å². The van der Waals surface area contributed by atoms with Crippen molar-refractivity contribution in [2.75, 3.05) is 7.11 Å². The second kappa shape index (κ2) is 9.11. The molecule has 134 valence electrons. The topological polar surface area (TPSA) is 55.8 Å². The minimum Gasteiger partial charge on any atom is -0.496 e. The van der Waals surface area contributed by atoms with Crippen LogP contribution in [0.25, 0.3) is 0 Å². The quantitative estimate of drug-likeness (QED) is 0.706. The van der Waals surface area contributed by atoms with E-state index in [2.05, 4.69) is 13.8 Å². The van der Waals surface area contributed by atoms with Crippen LogP contribution >= 0.6 is 0 Å². The molecule has 0 aliphatic carbocycles. The molecule has 0 aromatic heterocycles. The van der Waals surface area contributed by atoms with Gasteiger partial charge in [0.25, 0.3) is 0 Å². The minimum absolute atomic E-state index is 0.0558. The zero-order valence-electron chi connectivity index (χ0n) is 15.1. The highest BCUT2D eigenvalue weighted by Gasteiger charge is 2.24. The van der Waals surface area contributed by atoms with Crippen LogP contribution in [0.2, 0.25) is 0 Å². The van der Waals surface area contributed by atoms with Crippen LogP contribution < -0.4 is 9.47 Å². The lowest BCUT2D eigenvalue weighted by molar-refractivity contribution is -0.137. The van der Waals surface area contributed by atoms with Crippen LogP contribution in [0.4, 0.5) is 0 Å². The van der Waals surface area contributed by atoms with E-state index in [0.717, 1.165) is 17.5 Å². The van der Waals surface area contributed by atoms with E-state index in [0.29, 0.717) is 24.0 Å². The molecule has 0 fully saturated rings. The normalized spacial score (nSPS) is 12.0. The number of ether oxygens (including phenoxy) is 2. The van der Waals surface area contributed by atoms with Gasteiger partial charge < -0.3 is 14.6 Å². The van der Waals surface area contributed by atoms with Gasteiger partial charge in [-0.3, -0.25) is 4.79 Å². The largest absolute Gasteiger partial charge is 0.496 e. The van der Waals surface area contributed by atoms with Gasteiger partial charge in [0.2, 0.25) is 0 Å². The summed E-state index contributed by atoms with van der Waals surface area (Å²) in [6.07, 6.45) is 0.814. The maximum Gasteiger partial charge on any atom is 0.303 e. The molecule has 0 aliphatic rings. The number of rotatable bonds is 9. The van der Waals surface area contributed by atoms with Crippen LogP contribution in [0, 0.1) is 5.92 Å². The Kier molecular flexibility index (Phi) is 6.87. The molecule has 0 bridgehead atoms. The average molecular weight is 342 g/mol. The summed E-state index contributed by atoms with van der Waals surface area (Å²) >= 11 is 0. The van der Waals surface area contributed by atoms with E-state index in [4.69, 9.17) is 9.47 Å². The van der Waals surface area contributed by atoms with E-state index in [9.17, 15) is 9.90 Å². The fourth-order valence-corrected chi connectivity index (χ4v) is 3.05. The first-order valence-corrected chi connectivity index (χ1v) is 8.56. The number of methoxy groups -OCH3 is 1. The van der Waals surface area contributed by atoms with Gasteiger partial charge >= 0.3 is 5.97 Å². The number of hydrogen-bond donors (Lipinski definition) is 1. The monoisotopic (exact) mass is 342 g/mol. The second-order valence-corrected chi connectivity index (χ2v) is 6.57. The molecule has 1 unspecified atom stereocenters.